The van der Waals surface area contributed by atoms with E-state index in [-0.39, 0.29) is 12.0 Å². The van der Waals surface area contributed by atoms with Crippen LogP contribution in [-0.4, -0.2) is 29.1 Å². The predicted molar refractivity (Wildman–Crippen MR) is 101 cm³/mol. The molecular formula is C22H27NO2. The van der Waals surface area contributed by atoms with Gasteiger partial charge in [-0.3, -0.25) is 9.69 Å². The summed E-state index contributed by atoms with van der Waals surface area (Å²) in [5.41, 5.74) is 6.34. The van der Waals surface area contributed by atoms with E-state index in [4.69, 9.17) is 0 Å². The number of aryl methyl sites for hydroxylation is 3. The Morgan fingerprint density at radius 2 is 1.80 bits per heavy atom. The molecule has 0 aliphatic carbocycles. The van der Waals surface area contributed by atoms with Crippen molar-refractivity contribution in [1.82, 2.24) is 4.90 Å². The molecule has 1 aliphatic rings. The topological polar surface area (TPSA) is 40.5 Å². The molecule has 2 aromatic carbocycles. The quantitative estimate of drug-likeness (QED) is 0.893. The van der Waals surface area contributed by atoms with E-state index in [0.29, 0.717) is 6.54 Å². The molecular weight excluding hydrogens is 310 g/mol. The monoisotopic (exact) mass is 337 g/mol. The second kappa shape index (κ2) is 7.40. The van der Waals surface area contributed by atoms with Crippen molar-refractivity contribution in [2.24, 2.45) is 5.92 Å². The number of piperidine rings is 1. The van der Waals surface area contributed by atoms with Crippen LogP contribution < -0.4 is 0 Å². The Hall–Kier alpha value is -2.13. The highest BCUT2D eigenvalue weighted by molar-refractivity contribution is 5.70. The Morgan fingerprint density at radius 3 is 2.48 bits per heavy atom. The van der Waals surface area contributed by atoms with Crippen LogP contribution >= 0.6 is 0 Å². The molecule has 0 amide bonds. The number of likely N-dealkylation sites (tertiary alicyclic amines) is 1. The zero-order chi connectivity index (χ0) is 18.0. The van der Waals surface area contributed by atoms with Gasteiger partial charge in [0.15, 0.2) is 0 Å². The summed E-state index contributed by atoms with van der Waals surface area (Å²) in [6.45, 7) is 7.97. The van der Waals surface area contributed by atoms with Gasteiger partial charge in [-0.2, -0.15) is 0 Å². The third-order valence-corrected chi connectivity index (χ3v) is 5.37. The summed E-state index contributed by atoms with van der Waals surface area (Å²) in [5, 5.41) is 9.50. The second-order valence-electron chi connectivity index (χ2n) is 7.29. The number of hydrogen-bond acceptors (Lipinski definition) is 2. The molecule has 25 heavy (non-hydrogen) atoms. The Bertz CT molecular complexity index is 768. The van der Waals surface area contributed by atoms with Crippen LogP contribution in [0.25, 0.3) is 0 Å². The summed E-state index contributed by atoms with van der Waals surface area (Å²) in [6, 6.07) is 15.2. The SMILES string of the molecule is Cc1ccc(C(c2ccccc2C)N2CCCC(C(=O)O)C2)c(C)c1. The summed E-state index contributed by atoms with van der Waals surface area (Å²) < 4.78 is 0. The zero-order valence-electron chi connectivity index (χ0n) is 15.3. The second-order valence-corrected chi connectivity index (χ2v) is 7.29. The van der Waals surface area contributed by atoms with Crippen molar-refractivity contribution in [2.75, 3.05) is 13.1 Å². The molecule has 1 heterocycles. The van der Waals surface area contributed by atoms with Gasteiger partial charge in [0.25, 0.3) is 0 Å². The maximum Gasteiger partial charge on any atom is 0.307 e. The fourth-order valence-corrected chi connectivity index (χ4v) is 4.03. The van der Waals surface area contributed by atoms with Crippen molar-refractivity contribution < 1.29 is 9.90 Å². The molecule has 0 radical (unpaired) electrons. The van der Waals surface area contributed by atoms with Gasteiger partial charge in [-0.05, 0) is 62.4 Å². The maximum absolute atomic E-state index is 11.5. The van der Waals surface area contributed by atoms with E-state index in [9.17, 15) is 9.90 Å². The Balaban J connectivity index is 2.06. The molecule has 1 N–H and O–H groups in total. The van der Waals surface area contributed by atoms with Gasteiger partial charge in [0.2, 0.25) is 0 Å². The molecule has 3 nitrogen and oxygen atoms in total. The van der Waals surface area contributed by atoms with Crippen LogP contribution in [0.4, 0.5) is 0 Å². The van der Waals surface area contributed by atoms with Gasteiger partial charge in [-0.1, -0.05) is 48.0 Å². The fraction of sp³-hybridized carbons (Fsp3) is 0.409. The lowest BCUT2D eigenvalue weighted by Gasteiger charge is -2.38. The summed E-state index contributed by atoms with van der Waals surface area (Å²) in [4.78, 5) is 13.9. The Morgan fingerprint density at radius 1 is 1.08 bits per heavy atom. The number of carboxylic acid groups (broad SMARTS) is 1. The molecule has 2 unspecified atom stereocenters. The average Bonchev–Trinajstić information content (AvgIpc) is 2.59. The summed E-state index contributed by atoms with van der Waals surface area (Å²) in [5.74, 6) is -0.945. The molecule has 2 aromatic rings. The molecule has 0 bridgehead atoms. The number of rotatable bonds is 4. The van der Waals surface area contributed by atoms with Crippen LogP contribution in [0.3, 0.4) is 0 Å². The first-order valence-electron chi connectivity index (χ1n) is 9.07. The van der Waals surface area contributed by atoms with Gasteiger partial charge < -0.3 is 5.11 Å². The number of benzene rings is 2. The van der Waals surface area contributed by atoms with Crippen LogP contribution in [0, 0.1) is 26.7 Å². The molecule has 1 fully saturated rings. The molecule has 2 atom stereocenters. The first kappa shape index (κ1) is 17.7. The van der Waals surface area contributed by atoms with E-state index >= 15 is 0 Å². The van der Waals surface area contributed by atoms with E-state index in [0.717, 1.165) is 19.4 Å². The summed E-state index contributed by atoms with van der Waals surface area (Å²) in [7, 11) is 0. The van der Waals surface area contributed by atoms with E-state index in [2.05, 4.69) is 68.1 Å². The van der Waals surface area contributed by atoms with Crippen molar-refractivity contribution in [2.45, 2.75) is 39.7 Å². The van der Waals surface area contributed by atoms with Gasteiger partial charge in [0, 0.05) is 6.54 Å². The normalized spacial score (nSPS) is 19.6. The summed E-state index contributed by atoms with van der Waals surface area (Å²) >= 11 is 0. The number of carboxylic acids is 1. The molecule has 0 aromatic heterocycles. The van der Waals surface area contributed by atoms with Crippen LogP contribution in [0.1, 0.15) is 46.7 Å². The number of carbonyl (C=O) groups is 1. The van der Waals surface area contributed by atoms with Crippen molar-refractivity contribution in [3.05, 3.63) is 70.3 Å². The van der Waals surface area contributed by atoms with Gasteiger partial charge >= 0.3 is 5.97 Å². The molecule has 0 saturated carbocycles. The first-order chi connectivity index (χ1) is 12.0. The summed E-state index contributed by atoms with van der Waals surface area (Å²) in [6.07, 6.45) is 1.71. The van der Waals surface area contributed by atoms with E-state index in [1.807, 2.05) is 0 Å². The molecule has 1 saturated heterocycles. The minimum atomic E-state index is -0.672. The highest BCUT2D eigenvalue weighted by Gasteiger charge is 2.32. The van der Waals surface area contributed by atoms with E-state index in [1.165, 1.54) is 27.8 Å². The van der Waals surface area contributed by atoms with Gasteiger partial charge in [-0.15, -0.1) is 0 Å². The fourth-order valence-electron chi connectivity index (χ4n) is 4.03. The van der Waals surface area contributed by atoms with Crippen LogP contribution in [-0.2, 0) is 4.79 Å². The van der Waals surface area contributed by atoms with Gasteiger partial charge in [0.05, 0.1) is 12.0 Å². The van der Waals surface area contributed by atoms with Crippen molar-refractivity contribution in [3.63, 3.8) is 0 Å². The van der Waals surface area contributed by atoms with Crippen molar-refractivity contribution in [3.8, 4) is 0 Å². The number of aliphatic carboxylic acids is 1. The number of hydrogen-bond donors (Lipinski definition) is 1. The van der Waals surface area contributed by atoms with E-state index < -0.39 is 5.97 Å². The predicted octanol–water partition coefficient (Wildman–Crippen LogP) is 4.50. The third kappa shape index (κ3) is 3.77. The van der Waals surface area contributed by atoms with Crippen LogP contribution in [0.5, 0.6) is 0 Å². The lowest BCUT2D eigenvalue weighted by atomic mass is 9.87. The maximum atomic E-state index is 11.5. The minimum Gasteiger partial charge on any atom is -0.481 e. The van der Waals surface area contributed by atoms with Crippen molar-refractivity contribution >= 4 is 5.97 Å². The highest BCUT2D eigenvalue weighted by atomic mass is 16.4. The molecule has 0 spiro atoms. The number of nitrogens with zero attached hydrogens (tertiary/aromatic N) is 1. The molecule has 1 aliphatic heterocycles. The third-order valence-electron chi connectivity index (χ3n) is 5.37. The minimum absolute atomic E-state index is 0.115. The average molecular weight is 337 g/mol. The molecule has 132 valence electrons. The lowest BCUT2D eigenvalue weighted by molar-refractivity contribution is -0.143. The lowest BCUT2D eigenvalue weighted by Crippen LogP contribution is -2.41. The molecule has 3 rings (SSSR count). The van der Waals surface area contributed by atoms with E-state index in [1.54, 1.807) is 0 Å². The van der Waals surface area contributed by atoms with Gasteiger partial charge in [0.1, 0.15) is 0 Å². The first-order valence-corrected chi connectivity index (χ1v) is 9.07. The van der Waals surface area contributed by atoms with Gasteiger partial charge in [-0.25, -0.2) is 0 Å². The Kier molecular flexibility index (Phi) is 5.24. The van der Waals surface area contributed by atoms with Crippen LogP contribution in [0.2, 0.25) is 0 Å². The van der Waals surface area contributed by atoms with Crippen molar-refractivity contribution in [1.29, 1.82) is 0 Å². The largest absolute Gasteiger partial charge is 0.481 e. The Labute approximate surface area is 150 Å². The highest BCUT2D eigenvalue weighted by Crippen LogP contribution is 2.35. The smallest absolute Gasteiger partial charge is 0.307 e. The molecule has 3 heteroatoms. The zero-order valence-corrected chi connectivity index (χ0v) is 15.3. The van der Waals surface area contributed by atoms with Crippen LogP contribution in [0.15, 0.2) is 42.5 Å². The standard InChI is InChI=1S/C22H27NO2/c1-15-10-11-20(17(3)13-15)21(19-9-5-4-7-16(19)2)23-12-6-8-18(14-23)22(24)25/h4-5,7,9-11,13,18,21H,6,8,12,14H2,1-3H3,(H,24,25).